The maximum Gasteiger partial charge on any atom is 0.222 e. The number of carbonyl (C=O) groups excluding carboxylic acids is 1. The Morgan fingerprint density at radius 2 is 1.94 bits per heavy atom. The van der Waals surface area contributed by atoms with Crippen molar-refractivity contribution in [3.05, 3.63) is 66.1 Å². The molecule has 3 aromatic rings. The molecule has 1 saturated heterocycles. The van der Waals surface area contributed by atoms with Gasteiger partial charge in [0.25, 0.3) is 0 Å². The Balaban J connectivity index is 1.44. The van der Waals surface area contributed by atoms with E-state index in [1.807, 2.05) is 39.9 Å². The quantitative estimate of drug-likeness (QED) is 0.585. The van der Waals surface area contributed by atoms with Crippen LogP contribution in [0, 0.1) is 0 Å². The third-order valence-electron chi connectivity index (χ3n) is 5.92. The topological polar surface area (TPSA) is 73.1 Å². The van der Waals surface area contributed by atoms with E-state index in [1.165, 1.54) is 0 Å². The lowest BCUT2D eigenvalue weighted by Gasteiger charge is -2.33. The van der Waals surface area contributed by atoms with Crippen molar-refractivity contribution in [2.24, 2.45) is 0 Å². The first-order valence-electron chi connectivity index (χ1n) is 10.9. The van der Waals surface area contributed by atoms with Crippen LogP contribution in [0.3, 0.4) is 0 Å². The lowest BCUT2D eigenvalue weighted by Crippen LogP contribution is -2.39. The second kappa shape index (κ2) is 9.73. The minimum Gasteiger partial charge on any atom is -0.497 e. The fourth-order valence-corrected chi connectivity index (χ4v) is 4.23. The van der Waals surface area contributed by atoms with Crippen molar-refractivity contribution in [2.75, 3.05) is 20.2 Å². The Morgan fingerprint density at radius 1 is 1.13 bits per heavy atom. The number of likely N-dealkylation sites (tertiary alicyclic amines) is 1. The lowest BCUT2D eigenvalue weighted by molar-refractivity contribution is -0.132. The molecule has 1 amide bonds. The molecule has 0 aliphatic carbocycles. The molecule has 0 N–H and O–H groups in total. The predicted molar refractivity (Wildman–Crippen MR) is 118 cm³/mol. The van der Waals surface area contributed by atoms with Crippen LogP contribution in [-0.4, -0.2) is 50.5 Å². The summed E-state index contributed by atoms with van der Waals surface area (Å²) >= 11 is 0. The highest BCUT2D eigenvalue weighted by Crippen LogP contribution is 2.29. The largest absolute Gasteiger partial charge is 0.497 e. The summed E-state index contributed by atoms with van der Waals surface area (Å²) in [5.41, 5.74) is 2.09. The van der Waals surface area contributed by atoms with Crippen molar-refractivity contribution in [1.29, 1.82) is 0 Å². The van der Waals surface area contributed by atoms with Crippen LogP contribution in [0.25, 0.3) is 5.82 Å². The molecule has 2 aromatic heterocycles. The van der Waals surface area contributed by atoms with Gasteiger partial charge in [-0.3, -0.25) is 14.3 Å². The van der Waals surface area contributed by atoms with E-state index in [2.05, 4.69) is 21.9 Å². The molecule has 1 aliphatic rings. The van der Waals surface area contributed by atoms with Gasteiger partial charge in [-0.15, -0.1) is 0 Å². The zero-order chi connectivity index (χ0) is 21.6. The van der Waals surface area contributed by atoms with Crippen LogP contribution in [0.1, 0.15) is 49.2 Å². The van der Waals surface area contributed by atoms with Crippen LogP contribution < -0.4 is 4.74 Å². The fourth-order valence-electron chi connectivity index (χ4n) is 4.23. The number of piperidine rings is 1. The van der Waals surface area contributed by atoms with Gasteiger partial charge in [0.1, 0.15) is 11.6 Å². The van der Waals surface area contributed by atoms with Gasteiger partial charge >= 0.3 is 0 Å². The summed E-state index contributed by atoms with van der Waals surface area (Å²) in [5, 5.41) is 0. The second-order valence-electron chi connectivity index (χ2n) is 7.86. The highest BCUT2D eigenvalue weighted by molar-refractivity contribution is 5.76. The molecule has 31 heavy (non-hydrogen) atoms. The summed E-state index contributed by atoms with van der Waals surface area (Å²) in [6.07, 6.45) is 11.2. The van der Waals surface area contributed by atoms with E-state index in [0.717, 1.165) is 60.9 Å². The van der Waals surface area contributed by atoms with E-state index >= 15 is 0 Å². The van der Waals surface area contributed by atoms with Gasteiger partial charge in [0.05, 0.1) is 12.8 Å². The van der Waals surface area contributed by atoms with E-state index in [1.54, 1.807) is 25.7 Å². The Bertz CT molecular complexity index is 1010. The number of aromatic nitrogens is 4. The molecule has 162 valence electrons. The van der Waals surface area contributed by atoms with Crippen molar-refractivity contribution < 1.29 is 9.53 Å². The van der Waals surface area contributed by atoms with Crippen LogP contribution in [-0.2, 0) is 17.6 Å². The molecule has 0 radical (unpaired) electrons. The van der Waals surface area contributed by atoms with E-state index < -0.39 is 0 Å². The number of benzene rings is 1. The molecule has 0 bridgehead atoms. The molecular formula is C24H29N5O2. The molecule has 3 heterocycles. The van der Waals surface area contributed by atoms with Crippen molar-refractivity contribution >= 4 is 5.91 Å². The van der Waals surface area contributed by atoms with Crippen LogP contribution in [0.5, 0.6) is 5.75 Å². The number of methoxy groups -OCH3 is 1. The van der Waals surface area contributed by atoms with Crippen molar-refractivity contribution in [1.82, 2.24) is 24.4 Å². The number of carbonyl (C=O) groups is 1. The summed E-state index contributed by atoms with van der Waals surface area (Å²) in [5.74, 6) is 2.99. The van der Waals surface area contributed by atoms with Crippen molar-refractivity contribution in [2.45, 2.75) is 44.9 Å². The molecule has 0 spiro atoms. The molecular weight excluding hydrogens is 390 g/mol. The maximum absolute atomic E-state index is 12.9. The maximum atomic E-state index is 12.9. The lowest BCUT2D eigenvalue weighted by atomic mass is 9.93. The third-order valence-corrected chi connectivity index (χ3v) is 5.92. The highest BCUT2D eigenvalue weighted by Gasteiger charge is 2.28. The monoisotopic (exact) mass is 419 g/mol. The van der Waals surface area contributed by atoms with Gasteiger partial charge in [-0.25, -0.2) is 9.97 Å². The number of ether oxygens (including phenoxy) is 1. The first-order chi connectivity index (χ1) is 15.2. The molecule has 7 nitrogen and oxygen atoms in total. The van der Waals surface area contributed by atoms with Gasteiger partial charge in [0.15, 0.2) is 5.82 Å². The average molecular weight is 420 g/mol. The van der Waals surface area contributed by atoms with Gasteiger partial charge in [-0.05, 0) is 37.0 Å². The number of hydrogen-bond donors (Lipinski definition) is 0. The molecule has 1 aromatic carbocycles. The Labute approximate surface area is 183 Å². The first kappa shape index (κ1) is 21.0. The molecule has 7 heteroatoms. The van der Waals surface area contributed by atoms with Gasteiger partial charge in [0.2, 0.25) is 5.91 Å². The average Bonchev–Trinajstić information content (AvgIpc) is 3.32. The summed E-state index contributed by atoms with van der Waals surface area (Å²) in [6.45, 7) is 3.57. The molecule has 1 atom stereocenters. The fraction of sp³-hybridized carbons (Fsp3) is 0.417. The Kier molecular flexibility index (Phi) is 6.60. The minimum atomic E-state index is 0.175. The summed E-state index contributed by atoms with van der Waals surface area (Å²) in [6, 6.07) is 7.92. The van der Waals surface area contributed by atoms with Crippen LogP contribution >= 0.6 is 0 Å². The Hall–Kier alpha value is -3.22. The van der Waals surface area contributed by atoms with Crippen LogP contribution in [0.4, 0.5) is 0 Å². The SMILES string of the molecule is CCc1nccn1-c1nccnc1C1CCCN(C(=O)CCc2ccc(OC)cc2)C1. The van der Waals surface area contributed by atoms with Gasteiger partial charge in [-0.1, -0.05) is 19.1 Å². The molecule has 4 rings (SSSR count). The third kappa shape index (κ3) is 4.76. The number of rotatable bonds is 7. The highest BCUT2D eigenvalue weighted by atomic mass is 16.5. The zero-order valence-corrected chi connectivity index (χ0v) is 18.2. The van der Waals surface area contributed by atoms with E-state index in [9.17, 15) is 4.79 Å². The predicted octanol–water partition coefficient (Wildman–Crippen LogP) is 3.57. The normalized spacial score (nSPS) is 16.3. The molecule has 1 unspecified atom stereocenters. The zero-order valence-electron chi connectivity index (χ0n) is 18.2. The van der Waals surface area contributed by atoms with Crippen molar-refractivity contribution in [3.8, 4) is 11.6 Å². The minimum absolute atomic E-state index is 0.175. The van der Waals surface area contributed by atoms with Crippen molar-refractivity contribution in [3.63, 3.8) is 0 Å². The number of nitrogens with zero attached hydrogens (tertiary/aromatic N) is 5. The number of amides is 1. The Morgan fingerprint density at radius 3 is 2.71 bits per heavy atom. The van der Waals surface area contributed by atoms with Crippen LogP contribution in [0.15, 0.2) is 49.1 Å². The summed E-state index contributed by atoms with van der Waals surface area (Å²) in [4.78, 5) is 28.6. The molecule has 0 saturated carbocycles. The standard InChI is InChI=1S/C24H29N5O2/c1-3-21-25-14-16-29(21)24-23(26-12-13-27-24)19-5-4-15-28(17-19)22(30)11-8-18-6-9-20(31-2)10-7-18/h6-7,9-10,12-14,16,19H,3-5,8,11,15,17H2,1-2H3. The number of aryl methyl sites for hydroxylation is 2. The van der Waals surface area contributed by atoms with Gasteiger partial charge in [0, 0.05) is 56.6 Å². The van der Waals surface area contributed by atoms with Crippen LogP contribution in [0.2, 0.25) is 0 Å². The van der Waals surface area contributed by atoms with Gasteiger partial charge < -0.3 is 9.64 Å². The smallest absolute Gasteiger partial charge is 0.222 e. The summed E-state index contributed by atoms with van der Waals surface area (Å²) in [7, 11) is 1.66. The van der Waals surface area contributed by atoms with E-state index in [4.69, 9.17) is 4.74 Å². The second-order valence-corrected chi connectivity index (χ2v) is 7.86. The summed E-state index contributed by atoms with van der Waals surface area (Å²) < 4.78 is 7.22. The first-order valence-corrected chi connectivity index (χ1v) is 10.9. The molecule has 1 fully saturated rings. The van der Waals surface area contributed by atoms with E-state index in [-0.39, 0.29) is 11.8 Å². The number of imidazole rings is 1. The van der Waals surface area contributed by atoms with Gasteiger partial charge in [-0.2, -0.15) is 0 Å². The number of hydrogen-bond acceptors (Lipinski definition) is 5. The molecule has 1 aliphatic heterocycles. The van der Waals surface area contributed by atoms with E-state index in [0.29, 0.717) is 13.0 Å².